The van der Waals surface area contributed by atoms with Gasteiger partial charge >= 0.3 is 0 Å². The van der Waals surface area contributed by atoms with Gasteiger partial charge in [-0.3, -0.25) is 9.59 Å². The molecule has 0 bridgehead atoms. The van der Waals surface area contributed by atoms with Crippen LogP contribution in [0.2, 0.25) is 0 Å². The van der Waals surface area contributed by atoms with Gasteiger partial charge in [0.2, 0.25) is 17.6 Å². The molecule has 0 radical (unpaired) electrons. The lowest BCUT2D eigenvalue weighted by atomic mass is 9.89. The molecular weight excluding hydrogens is 382 g/mol. The van der Waals surface area contributed by atoms with Crippen LogP contribution in [0.3, 0.4) is 0 Å². The molecule has 1 aliphatic heterocycles. The number of fused-ring (bicyclic) bond motifs is 1. The number of aryl methyl sites for hydroxylation is 1. The van der Waals surface area contributed by atoms with Crippen molar-refractivity contribution < 1.29 is 33.6 Å². The van der Waals surface area contributed by atoms with Crippen LogP contribution < -0.4 is 15.5 Å². The summed E-state index contributed by atoms with van der Waals surface area (Å²) in [5.41, 5.74) is -0.473. The van der Waals surface area contributed by atoms with E-state index in [9.17, 15) is 19.8 Å². The Hall–Kier alpha value is -2.46. The highest BCUT2D eigenvalue weighted by Gasteiger charge is 2.50. The third-order valence-corrected chi connectivity index (χ3v) is 4.99. The van der Waals surface area contributed by atoms with Crippen LogP contribution in [0, 0.1) is 6.92 Å². The number of aliphatic hydroxyl groups excluding tert-OH is 2. The molecule has 0 spiro atoms. The Kier molecular flexibility index (Phi) is 5.68. The van der Waals surface area contributed by atoms with Crippen molar-refractivity contribution in [2.45, 2.75) is 57.9 Å². The van der Waals surface area contributed by atoms with Crippen LogP contribution in [0.4, 0.5) is 5.69 Å². The number of carbonyl (C=O) groups excluding carboxylic acids is 1. The summed E-state index contributed by atoms with van der Waals surface area (Å²) in [5.74, 6) is -0.0665. The van der Waals surface area contributed by atoms with E-state index in [0.29, 0.717) is 11.3 Å². The predicted molar refractivity (Wildman–Crippen MR) is 104 cm³/mol. The van der Waals surface area contributed by atoms with Gasteiger partial charge in [-0.2, -0.15) is 0 Å². The van der Waals surface area contributed by atoms with Gasteiger partial charge in [-0.25, -0.2) is 0 Å². The lowest BCUT2D eigenvalue weighted by molar-refractivity contribution is -0.306. The molecule has 1 aromatic carbocycles. The second kappa shape index (κ2) is 7.75. The lowest BCUT2D eigenvalue weighted by Crippen LogP contribution is -2.63. The molecule has 1 aromatic heterocycles. The zero-order chi connectivity index (χ0) is 21.5. The van der Waals surface area contributed by atoms with Crippen molar-refractivity contribution in [1.82, 2.24) is 0 Å². The van der Waals surface area contributed by atoms with Crippen molar-refractivity contribution in [3.05, 3.63) is 34.2 Å². The standard InChI is InChI=1S/C20H25NO8/c1-9-13(28-19-16(25)15(24)18(26-5)20(3,4)29-19)7-6-11-14(23)12(21-10(2)22)8-27-17(9)11/h6-8,15-16,18-19,24-25H,1-5H3,(H,21,22)/t15-,16+,18+,19+/m0/s1. The maximum Gasteiger partial charge on any atom is 0.229 e. The smallest absolute Gasteiger partial charge is 0.229 e. The molecule has 29 heavy (non-hydrogen) atoms. The van der Waals surface area contributed by atoms with Crippen LogP contribution in [0.5, 0.6) is 5.75 Å². The Bertz CT molecular complexity index is 982. The van der Waals surface area contributed by atoms with Gasteiger partial charge < -0.3 is 34.2 Å². The summed E-state index contributed by atoms with van der Waals surface area (Å²) in [6, 6.07) is 3.05. The number of hydrogen-bond donors (Lipinski definition) is 3. The Morgan fingerprint density at radius 1 is 1.24 bits per heavy atom. The highest BCUT2D eigenvalue weighted by Crippen LogP contribution is 2.34. The molecule has 0 aliphatic carbocycles. The molecule has 4 atom stereocenters. The molecule has 1 amide bonds. The number of aliphatic hydroxyl groups is 2. The van der Waals surface area contributed by atoms with Crippen LogP contribution >= 0.6 is 0 Å². The zero-order valence-corrected chi connectivity index (χ0v) is 16.9. The summed E-state index contributed by atoms with van der Waals surface area (Å²) >= 11 is 0. The number of anilines is 1. The molecule has 3 N–H and O–H groups in total. The Morgan fingerprint density at radius 3 is 2.55 bits per heavy atom. The number of carbonyl (C=O) groups is 1. The monoisotopic (exact) mass is 407 g/mol. The Balaban J connectivity index is 1.94. The minimum absolute atomic E-state index is 0.0413. The first kappa shape index (κ1) is 21.3. The molecule has 3 rings (SSSR count). The van der Waals surface area contributed by atoms with Crippen LogP contribution in [-0.4, -0.2) is 53.4 Å². The Morgan fingerprint density at radius 2 is 1.93 bits per heavy atom. The quantitative estimate of drug-likeness (QED) is 0.692. The normalized spacial score (nSPS) is 26.3. The Labute approximate surface area is 167 Å². The SMILES string of the molecule is CO[C@@H]1[C@@H](O)[C@@H](O)[C@H](Oc2ccc3c(=O)c(NC(C)=O)coc3c2C)OC1(C)C. The van der Waals surface area contributed by atoms with Gasteiger partial charge in [0.05, 0.1) is 11.0 Å². The van der Waals surface area contributed by atoms with Crippen LogP contribution in [0.25, 0.3) is 11.0 Å². The zero-order valence-electron chi connectivity index (χ0n) is 16.9. The van der Waals surface area contributed by atoms with Crippen molar-refractivity contribution in [3.63, 3.8) is 0 Å². The van der Waals surface area contributed by atoms with E-state index < -0.39 is 30.2 Å². The summed E-state index contributed by atoms with van der Waals surface area (Å²) in [6.07, 6.45) is -3.29. The number of nitrogens with one attached hydrogen (secondary N) is 1. The number of amides is 1. The molecule has 0 saturated carbocycles. The fourth-order valence-corrected chi connectivity index (χ4v) is 3.55. The molecular formula is C20H25NO8. The molecule has 158 valence electrons. The van der Waals surface area contributed by atoms with Crippen molar-refractivity contribution in [1.29, 1.82) is 0 Å². The van der Waals surface area contributed by atoms with E-state index in [1.54, 1.807) is 26.8 Å². The van der Waals surface area contributed by atoms with Gasteiger partial charge in [0.1, 0.15) is 41.6 Å². The summed E-state index contributed by atoms with van der Waals surface area (Å²) in [7, 11) is 1.43. The average Bonchev–Trinajstić information content (AvgIpc) is 2.63. The first-order chi connectivity index (χ1) is 13.6. The van der Waals surface area contributed by atoms with Crippen LogP contribution in [0.15, 0.2) is 27.6 Å². The summed E-state index contributed by atoms with van der Waals surface area (Å²) < 4.78 is 22.4. The molecule has 0 unspecified atom stereocenters. The third kappa shape index (κ3) is 3.86. The minimum Gasteiger partial charge on any atom is -0.462 e. The van der Waals surface area contributed by atoms with Gasteiger partial charge in [-0.05, 0) is 32.9 Å². The predicted octanol–water partition coefficient (Wildman–Crippen LogP) is 1.31. The van der Waals surface area contributed by atoms with E-state index in [1.807, 2.05) is 0 Å². The van der Waals surface area contributed by atoms with E-state index in [4.69, 9.17) is 18.6 Å². The van der Waals surface area contributed by atoms with Crippen LogP contribution in [0.1, 0.15) is 26.3 Å². The molecule has 2 aromatic rings. The summed E-state index contributed by atoms with van der Waals surface area (Å²) in [5, 5.41) is 23.5. The van der Waals surface area contributed by atoms with Crippen molar-refractivity contribution in [2.75, 3.05) is 12.4 Å². The van der Waals surface area contributed by atoms with Gasteiger partial charge in [0, 0.05) is 19.6 Å². The van der Waals surface area contributed by atoms with E-state index in [1.165, 1.54) is 26.4 Å². The number of ether oxygens (including phenoxy) is 3. The molecule has 9 nitrogen and oxygen atoms in total. The first-order valence-electron chi connectivity index (χ1n) is 9.13. The fourth-order valence-electron chi connectivity index (χ4n) is 3.55. The van der Waals surface area contributed by atoms with Gasteiger partial charge in [0.15, 0.2) is 0 Å². The lowest BCUT2D eigenvalue weighted by Gasteiger charge is -2.46. The highest BCUT2D eigenvalue weighted by atomic mass is 16.7. The second-order valence-electron chi connectivity index (χ2n) is 7.57. The number of rotatable bonds is 4. The van der Waals surface area contributed by atoms with Gasteiger partial charge in [-0.1, -0.05) is 0 Å². The maximum absolute atomic E-state index is 12.5. The maximum atomic E-state index is 12.5. The fraction of sp³-hybridized carbons (Fsp3) is 0.500. The van der Waals surface area contributed by atoms with Crippen molar-refractivity contribution >= 4 is 22.6 Å². The van der Waals surface area contributed by atoms with Crippen molar-refractivity contribution in [2.24, 2.45) is 0 Å². The first-order valence-corrected chi connectivity index (χ1v) is 9.13. The van der Waals surface area contributed by atoms with Gasteiger partial charge in [-0.15, -0.1) is 0 Å². The van der Waals surface area contributed by atoms with Crippen molar-refractivity contribution in [3.8, 4) is 5.75 Å². The van der Waals surface area contributed by atoms with E-state index in [-0.39, 0.29) is 28.0 Å². The number of benzene rings is 1. The minimum atomic E-state index is -1.35. The van der Waals surface area contributed by atoms with Crippen LogP contribution in [-0.2, 0) is 14.3 Å². The average molecular weight is 407 g/mol. The number of methoxy groups -OCH3 is 1. The largest absolute Gasteiger partial charge is 0.462 e. The van der Waals surface area contributed by atoms with E-state index >= 15 is 0 Å². The molecule has 1 saturated heterocycles. The van der Waals surface area contributed by atoms with E-state index in [0.717, 1.165) is 0 Å². The molecule has 1 fully saturated rings. The second-order valence-corrected chi connectivity index (χ2v) is 7.57. The van der Waals surface area contributed by atoms with E-state index in [2.05, 4.69) is 5.32 Å². The summed E-state index contributed by atoms with van der Waals surface area (Å²) in [6.45, 7) is 6.43. The van der Waals surface area contributed by atoms with Gasteiger partial charge in [0.25, 0.3) is 0 Å². The molecule has 9 heteroatoms. The number of hydrogen-bond acceptors (Lipinski definition) is 8. The molecule has 1 aliphatic rings. The summed E-state index contributed by atoms with van der Waals surface area (Å²) in [4.78, 5) is 23.8. The molecule has 2 heterocycles. The third-order valence-electron chi connectivity index (χ3n) is 4.99. The topological polar surface area (TPSA) is 127 Å². The highest BCUT2D eigenvalue weighted by molar-refractivity contribution is 5.91.